The molecule has 0 saturated carbocycles. The van der Waals surface area contributed by atoms with Crippen LogP contribution in [-0.2, 0) is 32.6 Å². The Kier molecular flexibility index (Phi) is 11.7. The molecule has 4 rings (SSSR count). The molecule has 0 saturated heterocycles. The summed E-state index contributed by atoms with van der Waals surface area (Å²) in [7, 11) is -2.77. The van der Waals surface area contributed by atoms with Gasteiger partial charge in [0.05, 0.1) is 17.7 Å². The average molecular weight is 713 g/mol. The molecule has 1 atom stereocenters. The Labute approximate surface area is 278 Å². The first-order chi connectivity index (χ1) is 21.5. The molecule has 0 bridgehead atoms. The summed E-state index contributed by atoms with van der Waals surface area (Å²) in [4.78, 5) is 29.6. The lowest BCUT2D eigenvalue weighted by Crippen LogP contribution is -2.54. The third kappa shape index (κ3) is 9.09. The highest BCUT2D eigenvalue weighted by Crippen LogP contribution is 2.28. The molecule has 236 valence electrons. The van der Waals surface area contributed by atoms with Gasteiger partial charge in [0, 0.05) is 28.5 Å². The second kappa shape index (κ2) is 15.4. The molecule has 0 fully saturated rings. The lowest BCUT2D eigenvalue weighted by molar-refractivity contribution is -0.140. The zero-order valence-corrected chi connectivity index (χ0v) is 28.3. The van der Waals surface area contributed by atoms with Gasteiger partial charge in [0.25, 0.3) is 10.0 Å². The van der Waals surface area contributed by atoms with Crippen molar-refractivity contribution in [2.45, 2.75) is 43.8 Å². The highest BCUT2D eigenvalue weighted by Gasteiger charge is 2.35. The summed E-state index contributed by atoms with van der Waals surface area (Å²) in [6.07, 6.45) is 0.226. The Bertz CT molecular complexity index is 1700. The van der Waals surface area contributed by atoms with Crippen LogP contribution in [0.4, 0.5) is 5.69 Å². The summed E-state index contributed by atoms with van der Waals surface area (Å²) in [6, 6.07) is 27.9. The lowest BCUT2D eigenvalue weighted by Gasteiger charge is -2.34. The molecule has 0 radical (unpaired) electrons. The van der Waals surface area contributed by atoms with E-state index in [1.165, 1.54) is 42.3 Å². The minimum Gasteiger partial charge on any atom is -0.497 e. The van der Waals surface area contributed by atoms with Crippen LogP contribution in [0.3, 0.4) is 0 Å². The standard InChI is InChI=1S/C34H35BrClN3O5S/c1-24(2)37-34(41)32(20-25-8-5-4-6-9-25)38(22-26-12-14-27(35)15-13-26)33(40)23-39(29-11-7-10-28(36)21-29)45(42,43)31-18-16-30(44-3)17-19-31/h4-19,21,24,32H,20,22-23H2,1-3H3,(H,37,41)/t32-/m0/s1. The molecule has 1 N–H and O–H groups in total. The predicted molar refractivity (Wildman–Crippen MR) is 181 cm³/mol. The van der Waals surface area contributed by atoms with Crippen LogP contribution in [0.1, 0.15) is 25.0 Å². The number of methoxy groups -OCH3 is 1. The Hall–Kier alpha value is -3.86. The van der Waals surface area contributed by atoms with Gasteiger partial charge in [-0.3, -0.25) is 13.9 Å². The van der Waals surface area contributed by atoms with Gasteiger partial charge in [0.2, 0.25) is 11.8 Å². The fraction of sp³-hybridized carbons (Fsp3) is 0.235. The first kappa shape index (κ1) is 34.0. The smallest absolute Gasteiger partial charge is 0.264 e. The quantitative estimate of drug-likeness (QED) is 0.172. The van der Waals surface area contributed by atoms with Gasteiger partial charge in [-0.15, -0.1) is 0 Å². The second-order valence-electron chi connectivity index (χ2n) is 10.7. The molecule has 0 spiro atoms. The van der Waals surface area contributed by atoms with Gasteiger partial charge in [0.15, 0.2) is 0 Å². The molecule has 0 aliphatic carbocycles. The highest BCUT2D eigenvalue weighted by molar-refractivity contribution is 9.10. The number of rotatable bonds is 13. The van der Waals surface area contributed by atoms with E-state index in [1.54, 1.807) is 18.2 Å². The molecule has 0 aliphatic rings. The third-order valence-corrected chi connectivity index (χ3v) is 9.54. The minimum atomic E-state index is -4.26. The predicted octanol–water partition coefficient (Wildman–Crippen LogP) is 6.47. The number of benzene rings is 4. The number of amides is 2. The number of anilines is 1. The molecule has 11 heteroatoms. The molecular weight excluding hydrogens is 678 g/mol. The SMILES string of the molecule is COc1ccc(S(=O)(=O)N(CC(=O)N(Cc2ccc(Br)cc2)[C@@H](Cc2ccccc2)C(=O)NC(C)C)c2cccc(Cl)c2)cc1. The molecule has 45 heavy (non-hydrogen) atoms. The molecule has 4 aromatic carbocycles. The van der Waals surface area contributed by atoms with Gasteiger partial charge in [0.1, 0.15) is 18.3 Å². The van der Waals surface area contributed by atoms with Crippen LogP contribution in [0, 0.1) is 0 Å². The molecular formula is C34H35BrClN3O5S. The normalized spacial score (nSPS) is 12.0. The number of carbonyl (C=O) groups excluding carboxylic acids is 2. The zero-order chi connectivity index (χ0) is 32.6. The molecule has 0 aromatic heterocycles. The highest BCUT2D eigenvalue weighted by atomic mass is 79.9. The lowest BCUT2D eigenvalue weighted by atomic mass is 10.0. The number of hydrogen-bond donors (Lipinski definition) is 1. The van der Waals surface area contributed by atoms with Crippen LogP contribution in [0.25, 0.3) is 0 Å². The van der Waals surface area contributed by atoms with Crippen LogP contribution in [-0.4, -0.2) is 50.9 Å². The number of ether oxygens (including phenoxy) is 1. The zero-order valence-electron chi connectivity index (χ0n) is 25.2. The number of sulfonamides is 1. The van der Waals surface area contributed by atoms with Crippen molar-refractivity contribution in [2.75, 3.05) is 18.0 Å². The average Bonchev–Trinajstić information content (AvgIpc) is 3.02. The van der Waals surface area contributed by atoms with E-state index in [4.69, 9.17) is 16.3 Å². The van der Waals surface area contributed by atoms with Crippen molar-refractivity contribution in [3.8, 4) is 5.75 Å². The number of carbonyl (C=O) groups is 2. The minimum absolute atomic E-state index is 0.0334. The number of nitrogens with zero attached hydrogens (tertiary/aromatic N) is 2. The van der Waals surface area contributed by atoms with Crippen LogP contribution in [0.15, 0.2) is 112 Å². The van der Waals surface area contributed by atoms with E-state index in [2.05, 4.69) is 21.2 Å². The Balaban J connectivity index is 1.80. The van der Waals surface area contributed by atoms with Gasteiger partial charge < -0.3 is 15.0 Å². The van der Waals surface area contributed by atoms with E-state index < -0.39 is 28.5 Å². The number of hydrogen-bond acceptors (Lipinski definition) is 5. The third-order valence-electron chi connectivity index (χ3n) is 6.99. The second-order valence-corrected chi connectivity index (χ2v) is 13.9. The van der Waals surface area contributed by atoms with Crippen molar-refractivity contribution in [1.82, 2.24) is 10.2 Å². The van der Waals surface area contributed by atoms with Gasteiger partial charge >= 0.3 is 0 Å². The van der Waals surface area contributed by atoms with Crippen LogP contribution in [0.2, 0.25) is 5.02 Å². The Morgan fingerprint density at radius 3 is 2.16 bits per heavy atom. The van der Waals surface area contributed by atoms with Crippen molar-refractivity contribution >= 4 is 55.1 Å². The maximum absolute atomic E-state index is 14.5. The summed E-state index contributed by atoms with van der Waals surface area (Å²) >= 11 is 9.73. The van der Waals surface area contributed by atoms with Crippen LogP contribution < -0.4 is 14.4 Å². The summed E-state index contributed by atoms with van der Waals surface area (Å²) in [5.41, 5.74) is 1.84. The van der Waals surface area contributed by atoms with Gasteiger partial charge in [-0.25, -0.2) is 8.42 Å². The fourth-order valence-corrected chi connectivity index (χ4v) is 6.61. The molecule has 0 unspecified atom stereocenters. The largest absolute Gasteiger partial charge is 0.497 e. The Morgan fingerprint density at radius 1 is 0.889 bits per heavy atom. The van der Waals surface area contributed by atoms with Crippen molar-refractivity contribution in [3.05, 3.63) is 124 Å². The van der Waals surface area contributed by atoms with E-state index in [1.807, 2.05) is 68.4 Å². The topological polar surface area (TPSA) is 96.0 Å². The maximum Gasteiger partial charge on any atom is 0.264 e. The summed E-state index contributed by atoms with van der Waals surface area (Å²) in [6.45, 7) is 3.19. The first-order valence-corrected chi connectivity index (χ1v) is 16.9. The number of halogens is 2. The monoisotopic (exact) mass is 711 g/mol. The van der Waals surface area contributed by atoms with Crippen molar-refractivity contribution in [3.63, 3.8) is 0 Å². The van der Waals surface area contributed by atoms with E-state index in [0.717, 1.165) is 19.9 Å². The van der Waals surface area contributed by atoms with Crippen molar-refractivity contribution in [2.24, 2.45) is 0 Å². The molecule has 4 aromatic rings. The van der Waals surface area contributed by atoms with Gasteiger partial charge in [-0.05, 0) is 79.6 Å². The van der Waals surface area contributed by atoms with Gasteiger partial charge in [-0.1, -0.05) is 76.1 Å². The molecule has 2 amide bonds. The maximum atomic E-state index is 14.5. The van der Waals surface area contributed by atoms with E-state index in [-0.39, 0.29) is 35.5 Å². The molecule has 8 nitrogen and oxygen atoms in total. The van der Waals surface area contributed by atoms with Crippen LogP contribution >= 0.6 is 27.5 Å². The summed E-state index contributed by atoms with van der Waals surface area (Å²) in [5, 5.41) is 3.26. The summed E-state index contributed by atoms with van der Waals surface area (Å²) in [5.74, 6) is -0.415. The molecule has 0 heterocycles. The number of nitrogens with one attached hydrogen (secondary N) is 1. The van der Waals surface area contributed by atoms with Gasteiger partial charge in [-0.2, -0.15) is 0 Å². The van der Waals surface area contributed by atoms with E-state index in [9.17, 15) is 18.0 Å². The first-order valence-electron chi connectivity index (χ1n) is 14.3. The molecule has 0 aliphatic heterocycles. The van der Waals surface area contributed by atoms with Crippen molar-refractivity contribution < 1.29 is 22.7 Å². The van der Waals surface area contributed by atoms with Crippen LogP contribution in [0.5, 0.6) is 5.75 Å². The fourth-order valence-electron chi connectivity index (χ4n) is 4.76. The van der Waals surface area contributed by atoms with E-state index >= 15 is 0 Å². The summed E-state index contributed by atoms with van der Waals surface area (Å²) < 4.78 is 35.3. The van der Waals surface area contributed by atoms with Crippen molar-refractivity contribution in [1.29, 1.82) is 0 Å². The Morgan fingerprint density at radius 2 is 1.56 bits per heavy atom. The van der Waals surface area contributed by atoms with E-state index in [0.29, 0.717) is 10.8 Å².